The number of hydrogen-bond donors (Lipinski definition) is 1. The summed E-state index contributed by atoms with van der Waals surface area (Å²) in [6.07, 6.45) is 9.35. The average molecular weight is 311 g/mol. The highest BCUT2D eigenvalue weighted by Gasteiger charge is 2.16. The van der Waals surface area contributed by atoms with Gasteiger partial charge in [0.15, 0.2) is 0 Å². The molecule has 0 aliphatic heterocycles. The summed E-state index contributed by atoms with van der Waals surface area (Å²) in [7, 11) is 0. The summed E-state index contributed by atoms with van der Waals surface area (Å²) in [4.78, 5) is 16.1. The largest absolute Gasteiger partial charge is 0.345 e. The van der Waals surface area contributed by atoms with E-state index in [1.54, 1.807) is 0 Å². The summed E-state index contributed by atoms with van der Waals surface area (Å²) in [6.45, 7) is 4.92. The molecule has 3 rings (SSSR count). The molecule has 4 nitrogen and oxygen atoms in total. The fourth-order valence-electron chi connectivity index (χ4n) is 3.54. The summed E-state index contributed by atoms with van der Waals surface area (Å²) >= 11 is 0. The van der Waals surface area contributed by atoms with Gasteiger partial charge < -0.3 is 9.88 Å². The maximum Gasteiger partial charge on any atom is 0.243 e. The van der Waals surface area contributed by atoms with Gasteiger partial charge in [-0.15, -0.1) is 0 Å². The molecule has 1 fully saturated rings. The normalized spacial score (nSPS) is 15.7. The van der Waals surface area contributed by atoms with Gasteiger partial charge in [0.2, 0.25) is 5.91 Å². The lowest BCUT2D eigenvalue weighted by atomic mass is 9.87. The smallest absolute Gasteiger partial charge is 0.243 e. The summed E-state index contributed by atoms with van der Waals surface area (Å²) in [5.41, 5.74) is 2.16. The number of para-hydroxylation sites is 2. The Hall–Kier alpha value is -2.10. The van der Waals surface area contributed by atoms with Crippen molar-refractivity contribution in [2.24, 2.45) is 5.92 Å². The van der Waals surface area contributed by atoms with Gasteiger partial charge in [0, 0.05) is 6.54 Å². The molecule has 1 aromatic heterocycles. The minimum Gasteiger partial charge on any atom is -0.345 e. The van der Waals surface area contributed by atoms with Gasteiger partial charge in [0.25, 0.3) is 0 Å². The van der Waals surface area contributed by atoms with E-state index in [1.165, 1.54) is 44.6 Å². The Labute approximate surface area is 137 Å². The first-order valence-electron chi connectivity index (χ1n) is 8.62. The number of benzene rings is 1. The summed E-state index contributed by atoms with van der Waals surface area (Å²) in [5, 5.41) is 2.85. The summed E-state index contributed by atoms with van der Waals surface area (Å²) < 4.78 is 2.27. The highest BCUT2D eigenvalue weighted by molar-refractivity contribution is 5.86. The van der Waals surface area contributed by atoms with Gasteiger partial charge in [0.1, 0.15) is 5.82 Å². The van der Waals surface area contributed by atoms with E-state index in [9.17, 15) is 4.79 Å². The van der Waals surface area contributed by atoms with Crippen LogP contribution < -0.4 is 5.32 Å². The average Bonchev–Trinajstić information content (AvgIpc) is 2.96. The zero-order valence-electron chi connectivity index (χ0n) is 13.6. The molecule has 1 aliphatic carbocycles. The summed E-state index contributed by atoms with van der Waals surface area (Å²) in [5.74, 6) is 1.61. The van der Waals surface area contributed by atoms with Gasteiger partial charge in [-0.3, -0.25) is 4.79 Å². The van der Waals surface area contributed by atoms with Crippen molar-refractivity contribution in [2.75, 3.05) is 0 Å². The molecule has 1 aromatic carbocycles. The lowest BCUT2D eigenvalue weighted by molar-refractivity contribution is -0.116. The molecule has 122 valence electrons. The number of carbonyl (C=O) groups is 1. The van der Waals surface area contributed by atoms with Crippen molar-refractivity contribution in [1.82, 2.24) is 14.9 Å². The van der Waals surface area contributed by atoms with E-state index in [0.717, 1.165) is 29.3 Å². The molecular weight excluding hydrogens is 286 g/mol. The summed E-state index contributed by atoms with van der Waals surface area (Å²) in [6, 6.07) is 8.20. The van der Waals surface area contributed by atoms with Crippen molar-refractivity contribution in [3.8, 4) is 0 Å². The maximum atomic E-state index is 11.5. The van der Waals surface area contributed by atoms with Crippen LogP contribution in [0.1, 0.15) is 44.3 Å². The predicted octanol–water partition coefficient (Wildman–Crippen LogP) is 3.81. The van der Waals surface area contributed by atoms with Gasteiger partial charge in [-0.2, -0.15) is 0 Å². The molecule has 0 bridgehead atoms. The van der Waals surface area contributed by atoms with Crippen LogP contribution >= 0.6 is 0 Å². The second kappa shape index (κ2) is 7.44. The monoisotopic (exact) mass is 311 g/mol. The number of rotatable bonds is 6. The molecule has 1 heterocycles. The quantitative estimate of drug-likeness (QED) is 0.825. The molecule has 1 saturated carbocycles. The van der Waals surface area contributed by atoms with Crippen molar-refractivity contribution in [3.63, 3.8) is 0 Å². The minimum atomic E-state index is -0.157. The fourth-order valence-corrected chi connectivity index (χ4v) is 3.54. The Balaban J connectivity index is 1.77. The molecule has 4 heteroatoms. The molecule has 0 spiro atoms. The fraction of sp³-hybridized carbons (Fsp3) is 0.474. The Morgan fingerprint density at radius 2 is 2.09 bits per heavy atom. The number of nitrogens with one attached hydrogen (secondary N) is 1. The van der Waals surface area contributed by atoms with Gasteiger partial charge >= 0.3 is 0 Å². The van der Waals surface area contributed by atoms with E-state index in [4.69, 9.17) is 4.98 Å². The molecule has 2 aromatic rings. The van der Waals surface area contributed by atoms with Crippen LogP contribution in [0, 0.1) is 5.92 Å². The van der Waals surface area contributed by atoms with E-state index in [-0.39, 0.29) is 5.91 Å². The molecule has 0 radical (unpaired) electrons. The van der Waals surface area contributed by atoms with Crippen molar-refractivity contribution in [1.29, 1.82) is 0 Å². The third-order valence-electron chi connectivity index (χ3n) is 4.83. The first-order valence-corrected chi connectivity index (χ1v) is 8.62. The third kappa shape index (κ3) is 3.81. The predicted molar refractivity (Wildman–Crippen MR) is 93.0 cm³/mol. The van der Waals surface area contributed by atoms with Crippen LogP contribution in [0.3, 0.4) is 0 Å². The van der Waals surface area contributed by atoms with Crippen molar-refractivity contribution in [2.45, 2.75) is 51.6 Å². The van der Waals surface area contributed by atoms with Crippen LogP contribution in [0.25, 0.3) is 11.0 Å². The van der Waals surface area contributed by atoms with Gasteiger partial charge in [-0.25, -0.2) is 4.98 Å². The van der Waals surface area contributed by atoms with Gasteiger partial charge in [0.05, 0.1) is 17.6 Å². The van der Waals surface area contributed by atoms with Crippen molar-refractivity contribution >= 4 is 16.9 Å². The molecule has 0 unspecified atom stereocenters. The van der Waals surface area contributed by atoms with E-state index in [2.05, 4.69) is 22.5 Å². The molecule has 1 amide bonds. The van der Waals surface area contributed by atoms with Crippen LogP contribution in [-0.2, 0) is 17.9 Å². The minimum absolute atomic E-state index is 0.157. The Morgan fingerprint density at radius 3 is 2.87 bits per heavy atom. The number of fused-ring (bicyclic) bond motifs is 1. The van der Waals surface area contributed by atoms with Gasteiger partial charge in [-0.05, 0) is 30.5 Å². The first kappa shape index (κ1) is 15.8. The maximum absolute atomic E-state index is 11.5. The van der Waals surface area contributed by atoms with Crippen LogP contribution in [-0.4, -0.2) is 15.5 Å². The SMILES string of the molecule is C=CC(=O)NCc1nc2ccccc2n1CCC1CCCCC1. The topological polar surface area (TPSA) is 46.9 Å². The molecule has 0 saturated heterocycles. The molecule has 1 aliphatic rings. The van der Waals surface area contributed by atoms with Crippen molar-refractivity contribution in [3.05, 3.63) is 42.7 Å². The zero-order chi connectivity index (χ0) is 16.1. The number of aryl methyl sites for hydroxylation is 1. The zero-order valence-corrected chi connectivity index (χ0v) is 13.6. The van der Waals surface area contributed by atoms with Crippen molar-refractivity contribution < 1.29 is 4.79 Å². The highest BCUT2D eigenvalue weighted by atomic mass is 16.1. The molecular formula is C19H25N3O. The number of nitrogens with zero attached hydrogens (tertiary/aromatic N) is 2. The number of amides is 1. The molecule has 23 heavy (non-hydrogen) atoms. The Kier molecular flexibility index (Phi) is 5.11. The highest BCUT2D eigenvalue weighted by Crippen LogP contribution is 2.27. The van der Waals surface area contributed by atoms with Crippen LogP contribution in [0.15, 0.2) is 36.9 Å². The lowest BCUT2D eigenvalue weighted by Gasteiger charge is -2.22. The van der Waals surface area contributed by atoms with E-state index in [0.29, 0.717) is 6.54 Å². The van der Waals surface area contributed by atoms with Crippen LogP contribution in [0.4, 0.5) is 0 Å². The number of imidazole rings is 1. The second-order valence-electron chi connectivity index (χ2n) is 6.38. The van der Waals surface area contributed by atoms with E-state index in [1.807, 2.05) is 18.2 Å². The first-order chi connectivity index (χ1) is 11.3. The molecule has 0 atom stereocenters. The van der Waals surface area contributed by atoms with E-state index >= 15 is 0 Å². The van der Waals surface area contributed by atoms with E-state index < -0.39 is 0 Å². The van der Waals surface area contributed by atoms with Crippen LogP contribution in [0.5, 0.6) is 0 Å². The third-order valence-corrected chi connectivity index (χ3v) is 4.83. The second-order valence-corrected chi connectivity index (χ2v) is 6.38. The lowest BCUT2D eigenvalue weighted by Crippen LogP contribution is -2.23. The number of hydrogen-bond acceptors (Lipinski definition) is 2. The Bertz CT molecular complexity index is 683. The van der Waals surface area contributed by atoms with Gasteiger partial charge in [-0.1, -0.05) is 50.8 Å². The standard InChI is InChI=1S/C19H25N3O/c1-2-19(23)20-14-18-21-16-10-6-7-11-17(16)22(18)13-12-15-8-4-3-5-9-15/h2,6-7,10-11,15H,1,3-5,8-9,12-14H2,(H,20,23). The Morgan fingerprint density at radius 1 is 1.30 bits per heavy atom. The molecule has 1 N–H and O–H groups in total. The number of carbonyl (C=O) groups excluding carboxylic acids is 1. The van der Waals surface area contributed by atoms with Crippen LogP contribution in [0.2, 0.25) is 0 Å². The number of aromatic nitrogens is 2.